The number of pyridine rings is 2. The van der Waals surface area contributed by atoms with E-state index in [0.29, 0.717) is 50.8 Å². The molecule has 2 fully saturated rings. The molecule has 0 saturated carbocycles. The number of nitrogens with zero attached hydrogens (tertiary/aromatic N) is 6. The Morgan fingerprint density at radius 2 is 1.92 bits per heavy atom. The van der Waals surface area contributed by atoms with Gasteiger partial charge in [-0.3, -0.25) is 14.5 Å². The van der Waals surface area contributed by atoms with Crippen molar-refractivity contribution in [1.82, 2.24) is 30.0 Å². The quantitative estimate of drug-likeness (QED) is 0.533. The largest absolute Gasteiger partial charge is 0.491 e. The van der Waals surface area contributed by atoms with Crippen molar-refractivity contribution < 1.29 is 14.3 Å². The Kier molecular flexibility index (Phi) is 7.43. The standard InChI is InChI=1S/C26H33N7O3/c1-19-21(25(30-31(19)2)26(34)33-13-16-35-17-14-33)6-15-36-22-4-3-7-29-24(22)20-5-8-28-23(18-20)32-11-9-27-10-12-32/h3-5,7-8,18,27H,6,9-17H2,1-2H3. The summed E-state index contributed by atoms with van der Waals surface area (Å²) >= 11 is 0. The summed E-state index contributed by atoms with van der Waals surface area (Å²) in [5.74, 6) is 1.61. The van der Waals surface area contributed by atoms with Gasteiger partial charge in [0.05, 0.1) is 19.8 Å². The van der Waals surface area contributed by atoms with E-state index in [-0.39, 0.29) is 5.91 Å². The predicted octanol–water partition coefficient (Wildman–Crippen LogP) is 1.69. The summed E-state index contributed by atoms with van der Waals surface area (Å²) < 4.78 is 13.4. The van der Waals surface area contributed by atoms with Crippen molar-refractivity contribution >= 4 is 11.7 Å². The van der Waals surface area contributed by atoms with Crippen LogP contribution in [0.5, 0.6) is 5.75 Å². The fourth-order valence-electron chi connectivity index (χ4n) is 4.66. The smallest absolute Gasteiger partial charge is 0.274 e. The van der Waals surface area contributed by atoms with E-state index in [1.54, 1.807) is 10.9 Å². The van der Waals surface area contributed by atoms with Crippen LogP contribution >= 0.6 is 0 Å². The van der Waals surface area contributed by atoms with Gasteiger partial charge in [0, 0.05) is 82.0 Å². The summed E-state index contributed by atoms with van der Waals surface area (Å²) in [7, 11) is 1.87. The SMILES string of the molecule is Cc1c(CCOc2cccnc2-c2ccnc(N3CCNCC3)c2)c(C(=O)N2CCOCC2)nn1C. The molecule has 0 bridgehead atoms. The number of morpholine rings is 1. The number of hydrogen-bond donors (Lipinski definition) is 1. The molecule has 0 spiro atoms. The van der Waals surface area contributed by atoms with Crippen molar-refractivity contribution in [2.24, 2.45) is 7.05 Å². The second-order valence-corrected chi connectivity index (χ2v) is 9.03. The summed E-state index contributed by atoms with van der Waals surface area (Å²) in [4.78, 5) is 26.4. The number of amides is 1. The molecule has 5 heterocycles. The molecule has 2 aliphatic rings. The molecule has 0 atom stereocenters. The number of ether oxygens (including phenoxy) is 2. The lowest BCUT2D eigenvalue weighted by Gasteiger charge is -2.28. The topological polar surface area (TPSA) is 97.6 Å². The number of anilines is 1. The molecule has 3 aromatic heterocycles. The molecule has 36 heavy (non-hydrogen) atoms. The third-order valence-corrected chi connectivity index (χ3v) is 6.80. The number of hydrogen-bond acceptors (Lipinski definition) is 8. The van der Waals surface area contributed by atoms with Crippen molar-refractivity contribution in [3.8, 4) is 17.0 Å². The number of aromatic nitrogens is 4. The molecule has 2 saturated heterocycles. The molecule has 2 aliphatic heterocycles. The van der Waals surface area contributed by atoms with E-state index < -0.39 is 0 Å². The van der Waals surface area contributed by atoms with Crippen molar-refractivity contribution in [3.63, 3.8) is 0 Å². The summed E-state index contributed by atoms with van der Waals surface area (Å²) in [6.45, 7) is 8.46. The summed E-state index contributed by atoms with van der Waals surface area (Å²) in [5, 5.41) is 7.91. The Morgan fingerprint density at radius 3 is 2.72 bits per heavy atom. The molecule has 0 aromatic carbocycles. The van der Waals surface area contributed by atoms with Gasteiger partial charge in [-0.05, 0) is 31.2 Å². The van der Waals surface area contributed by atoms with Crippen molar-refractivity contribution in [3.05, 3.63) is 53.6 Å². The lowest BCUT2D eigenvalue weighted by atomic mass is 10.1. The van der Waals surface area contributed by atoms with Crippen LogP contribution in [0.15, 0.2) is 36.7 Å². The van der Waals surface area contributed by atoms with Gasteiger partial charge in [-0.15, -0.1) is 0 Å². The van der Waals surface area contributed by atoms with Crippen LogP contribution in [-0.4, -0.2) is 89.6 Å². The second kappa shape index (κ2) is 11.0. The molecular formula is C26H33N7O3. The first-order valence-corrected chi connectivity index (χ1v) is 12.5. The van der Waals surface area contributed by atoms with Gasteiger partial charge in [0.25, 0.3) is 5.91 Å². The summed E-state index contributed by atoms with van der Waals surface area (Å²) in [5.41, 5.74) is 4.14. The predicted molar refractivity (Wildman–Crippen MR) is 136 cm³/mol. The van der Waals surface area contributed by atoms with E-state index >= 15 is 0 Å². The van der Waals surface area contributed by atoms with Gasteiger partial charge < -0.3 is 24.6 Å². The highest BCUT2D eigenvalue weighted by Crippen LogP contribution is 2.30. The van der Waals surface area contributed by atoms with Crippen molar-refractivity contribution in [2.75, 3.05) is 64.0 Å². The zero-order valence-corrected chi connectivity index (χ0v) is 20.9. The average Bonchev–Trinajstić information content (AvgIpc) is 3.22. The van der Waals surface area contributed by atoms with Crippen LogP contribution in [0.3, 0.4) is 0 Å². The zero-order valence-electron chi connectivity index (χ0n) is 20.9. The normalized spacial score (nSPS) is 16.3. The summed E-state index contributed by atoms with van der Waals surface area (Å²) in [6, 6.07) is 7.85. The summed E-state index contributed by atoms with van der Waals surface area (Å²) in [6.07, 6.45) is 4.17. The highest BCUT2D eigenvalue weighted by Gasteiger charge is 2.26. The third kappa shape index (κ3) is 5.19. The highest BCUT2D eigenvalue weighted by molar-refractivity contribution is 5.94. The highest BCUT2D eigenvalue weighted by atomic mass is 16.5. The maximum absolute atomic E-state index is 13.2. The molecule has 1 amide bonds. The van der Waals surface area contributed by atoms with Crippen molar-refractivity contribution in [1.29, 1.82) is 0 Å². The Bertz CT molecular complexity index is 1200. The van der Waals surface area contributed by atoms with Gasteiger partial charge in [-0.25, -0.2) is 4.98 Å². The molecule has 0 unspecified atom stereocenters. The van der Waals surface area contributed by atoms with E-state index in [1.807, 2.05) is 43.3 Å². The number of rotatable bonds is 7. The number of carbonyl (C=O) groups excluding carboxylic acids is 1. The molecule has 5 rings (SSSR count). The van der Waals surface area contributed by atoms with E-state index in [1.165, 1.54) is 0 Å². The minimum atomic E-state index is -0.0451. The Hall–Kier alpha value is -3.50. The van der Waals surface area contributed by atoms with E-state index in [4.69, 9.17) is 9.47 Å². The number of piperazine rings is 1. The number of aryl methyl sites for hydroxylation is 1. The monoisotopic (exact) mass is 491 g/mol. The van der Waals surface area contributed by atoms with Crippen molar-refractivity contribution in [2.45, 2.75) is 13.3 Å². The van der Waals surface area contributed by atoms with Gasteiger partial charge in [0.15, 0.2) is 5.69 Å². The maximum Gasteiger partial charge on any atom is 0.274 e. The van der Waals surface area contributed by atoms with Crippen LogP contribution in [0.2, 0.25) is 0 Å². The maximum atomic E-state index is 13.2. The number of carbonyl (C=O) groups is 1. The van der Waals surface area contributed by atoms with Gasteiger partial charge in [0.1, 0.15) is 17.3 Å². The molecular weight excluding hydrogens is 458 g/mol. The Labute approximate surface area is 211 Å². The van der Waals surface area contributed by atoms with Crippen LogP contribution in [0.4, 0.5) is 5.82 Å². The third-order valence-electron chi connectivity index (χ3n) is 6.80. The van der Waals surface area contributed by atoms with Gasteiger partial charge >= 0.3 is 0 Å². The van der Waals surface area contributed by atoms with Crippen LogP contribution < -0.4 is 15.0 Å². The fraction of sp³-hybridized carbons (Fsp3) is 0.462. The van der Waals surface area contributed by atoms with Gasteiger partial charge in [-0.2, -0.15) is 5.10 Å². The molecule has 190 valence electrons. The van der Waals surface area contributed by atoms with Crippen LogP contribution in [0, 0.1) is 6.92 Å². The number of nitrogens with one attached hydrogen (secondary N) is 1. The van der Waals surface area contributed by atoms with E-state index in [2.05, 4.69) is 31.3 Å². The van der Waals surface area contributed by atoms with Crippen LogP contribution in [-0.2, 0) is 18.2 Å². The van der Waals surface area contributed by atoms with Gasteiger partial charge in [-0.1, -0.05) is 0 Å². The van der Waals surface area contributed by atoms with Crippen LogP contribution in [0.1, 0.15) is 21.7 Å². The van der Waals surface area contributed by atoms with Gasteiger partial charge in [0.2, 0.25) is 0 Å². The first kappa shape index (κ1) is 24.2. The molecule has 0 radical (unpaired) electrons. The first-order valence-electron chi connectivity index (χ1n) is 12.5. The minimum Gasteiger partial charge on any atom is -0.491 e. The van der Waals surface area contributed by atoms with Crippen LogP contribution in [0.25, 0.3) is 11.3 Å². The average molecular weight is 492 g/mol. The second-order valence-electron chi connectivity index (χ2n) is 9.03. The molecule has 3 aromatic rings. The fourth-order valence-corrected chi connectivity index (χ4v) is 4.66. The molecule has 1 N–H and O–H groups in total. The lowest BCUT2D eigenvalue weighted by molar-refractivity contribution is 0.0297. The zero-order chi connectivity index (χ0) is 24.9. The Balaban J connectivity index is 1.31. The molecule has 0 aliphatic carbocycles. The Morgan fingerprint density at radius 1 is 1.11 bits per heavy atom. The minimum absolute atomic E-state index is 0.0451. The lowest BCUT2D eigenvalue weighted by Crippen LogP contribution is -2.43. The van der Waals surface area contributed by atoms with E-state index in [0.717, 1.165) is 54.5 Å². The molecule has 10 heteroatoms. The van der Waals surface area contributed by atoms with E-state index in [9.17, 15) is 4.79 Å². The first-order chi connectivity index (χ1) is 17.6. The molecule has 10 nitrogen and oxygen atoms in total.